The molecule has 0 amide bonds. The van der Waals surface area contributed by atoms with E-state index in [1.807, 2.05) is 0 Å². The minimum atomic E-state index is -4.19. The summed E-state index contributed by atoms with van der Waals surface area (Å²) in [6.45, 7) is -3.75. The minimum absolute atomic E-state index is 0.577. The Bertz CT molecular complexity index is 482. The predicted molar refractivity (Wildman–Crippen MR) is 50.8 cm³/mol. The molecule has 0 saturated heterocycles. The summed E-state index contributed by atoms with van der Waals surface area (Å²) in [6.07, 6.45) is -2.10. The van der Waals surface area contributed by atoms with Crippen molar-refractivity contribution in [3.8, 4) is 0 Å². The molecule has 0 spiro atoms. The van der Waals surface area contributed by atoms with Crippen LogP contribution in [0, 0.1) is 0 Å². The van der Waals surface area contributed by atoms with Crippen molar-refractivity contribution in [3.63, 3.8) is 0 Å². The molecule has 0 fully saturated rings. The molecule has 8 heteroatoms. The van der Waals surface area contributed by atoms with Crippen LogP contribution in [-0.4, -0.2) is 42.5 Å². The summed E-state index contributed by atoms with van der Waals surface area (Å²) in [5.74, 6) is 0. The van der Waals surface area contributed by atoms with Gasteiger partial charge in [-0.05, 0) is 12.8 Å². The molecule has 6 nitrogen and oxygen atoms in total. The van der Waals surface area contributed by atoms with Crippen molar-refractivity contribution >= 4 is 20.2 Å². The maximum atomic E-state index is 10.8. The molecule has 0 rings (SSSR count). The Balaban J connectivity index is 4.71. The highest BCUT2D eigenvalue weighted by Gasteiger charge is 2.02. The lowest BCUT2D eigenvalue weighted by atomic mass is 10.3. The molecule has 0 unspecified atom stereocenters. The number of rotatable bonds is 7. The zero-order valence-electron chi connectivity index (χ0n) is 11.7. The van der Waals surface area contributed by atoms with Crippen LogP contribution in [-0.2, 0) is 28.6 Å². The molecular formula is C6H14O6S2. The van der Waals surface area contributed by atoms with Crippen molar-refractivity contribution in [2.75, 3.05) is 25.7 Å². The molecular weight excluding hydrogens is 232 g/mol. The van der Waals surface area contributed by atoms with E-state index in [4.69, 9.17) is 5.48 Å². The summed E-state index contributed by atoms with van der Waals surface area (Å²) in [5, 5.41) is 0. The van der Waals surface area contributed by atoms with Gasteiger partial charge in [-0.2, -0.15) is 16.8 Å². The van der Waals surface area contributed by atoms with Gasteiger partial charge in [0.25, 0.3) is 20.2 Å². The van der Waals surface area contributed by atoms with Crippen LogP contribution >= 0.6 is 0 Å². The second kappa shape index (κ2) is 5.64. The quantitative estimate of drug-likeness (QED) is 0.577. The SMILES string of the molecule is [2H]C([2H])(CCOS(C)(=O)=O)C([2H])([2H])OS(C)(=O)=O. The Hall–Kier alpha value is -0.180. The molecule has 0 aromatic heterocycles. The fourth-order valence-electron chi connectivity index (χ4n) is 0.400. The zero-order chi connectivity index (χ0) is 14.8. The van der Waals surface area contributed by atoms with Crippen LogP contribution in [0.4, 0.5) is 0 Å². The maximum Gasteiger partial charge on any atom is 0.264 e. The van der Waals surface area contributed by atoms with Gasteiger partial charge in [0.2, 0.25) is 0 Å². The molecule has 0 radical (unpaired) electrons. The molecule has 0 N–H and O–H groups in total. The highest BCUT2D eigenvalue weighted by Crippen LogP contribution is 1.96. The summed E-state index contributed by atoms with van der Waals surface area (Å²) in [4.78, 5) is 0. The first kappa shape index (κ1) is 8.03. The maximum absolute atomic E-state index is 10.8. The predicted octanol–water partition coefficient (Wildman–Crippen LogP) is -0.281. The van der Waals surface area contributed by atoms with Crippen LogP contribution in [0.2, 0.25) is 0 Å². The van der Waals surface area contributed by atoms with Gasteiger partial charge in [0.15, 0.2) is 0 Å². The van der Waals surface area contributed by atoms with Gasteiger partial charge in [0.05, 0.1) is 28.4 Å². The first-order valence-electron chi connectivity index (χ1n) is 5.41. The van der Waals surface area contributed by atoms with E-state index in [2.05, 4.69) is 8.37 Å². The number of hydrogen-bond donors (Lipinski definition) is 0. The van der Waals surface area contributed by atoms with Crippen LogP contribution in [0.15, 0.2) is 0 Å². The standard InChI is InChI=1S/C6H14O6S2/c1-13(7,8)11-5-3-4-6-12-14(2,9)10/h3-6H2,1-2H3/i3D2,5D2. The van der Waals surface area contributed by atoms with Gasteiger partial charge in [-0.15, -0.1) is 0 Å². The van der Waals surface area contributed by atoms with Gasteiger partial charge in [-0.3, -0.25) is 8.37 Å². The average molecular weight is 250 g/mol. The third-order valence-electron chi connectivity index (χ3n) is 0.790. The van der Waals surface area contributed by atoms with E-state index in [0.29, 0.717) is 6.26 Å². The lowest BCUT2D eigenvalue weighted by molar-refractivity contribution is 0.273. The smallest absolute Gasteiger partial charge is 0.264 e. The molecule has 0 bridgehead atoms. The van der Waals surface area contributed by atoms with E-state index < -0.39 is 46.2 Å². The summed E-state index contributed by atoms with van der Waals surface area (Å²) in [5.41, 5.74) is 0. The highest BCUT2D eigenvalue weighted by atomic mass is 32.2. The highest BCUT2D eigenvalue weighted by molar-refractivity contribution is 7.86. The van der Waals surface area contributed by atoms with Gasteiger partial charge in [-0.25, -0.2) is 0 Å². The van der Waals surface area contributed by atoms with E-state index in [1.165, 1.54) is 0 Å². The molecule has 0 aliphatic rings. The summed E-state index contributed by atoms with van der Waals surface area (Å²) >= 11 is 0. The zero-order valence-corrected chi connectivity index (χ0v) is 9.31. The van der Waals surface area contributed by atoms with E-state index in [1.54, 1.807) is 0 Å². The van der Waals surface area contributed by atoms with Gasteiger partial charge >= 0.3 is 0 Å². The molecule has 86 valence electrons. The van der Waals surface area contributed by atoms with Crippen molar-refractivity contribution in [2.45, 2.75) is 12.8 Å². The monoisotopic (exact) mass is 250 g/mol. The first-order chi connectivity index (χ1) is 7.66. The van der Waals surface area contributed by atoms with Crippen LogP contribution in [0.1, 0.15) is 18.3 Å². The van der Waals surface area contributed by atoms with Crippen LogP contribution in [0.3, 0.4) is 0 Å². The Morgan fingerprint density at radius 1 is 1.07 bits per heavy atom. The van der Waals surface area contributed by atoms with E-state index >= 15 is 0 Å². The van der Waals surface area contributed by atoms with Crippen molar-refractivity contribution in [2.24, 2.45) is 0 Å². The van der Waals surface area contributed by atoms with Gasteiger partial charge < -0.3 is 0 Å². The molecule has 0 aliphatic carbocycles. The topological polar surface area (TPSA) is 86.7 Å². The van der Waals surface area contributed by atoms with Crippen LogP contribution < -0.4 is 0 Å². The molecule has 0 aromatic carbocycles. The largest absolute Gasteiger partial charge is 0.270 e. The van der Waals surface area contributed by atoms with Crippen molar-refractivity contribution in [1.82, 2.24) is 0 Å². The lowest BCUT2D eigenvalue weighted by Gasteiger charge is -2.01. The molecule has 0 atom stereocenters. The van der Waals surface area contributed by atoms with Crippen molar-refractivity contribution in [1.29, 1.82) is 0 Å². The van der Waals surface area contributed by atoms with Gasteiger partial charge in [0, 0.05) is 2.74 Å². The first-order valence-corrected chi connectivity index (χ1v) is 7.05. The summed E-state index contributed by atoms with van der Waals surface area (Å²) in [6, 6.07) is 0. The Kier molecular flexibility index (Phi) is 3.23. The van der Waals surface area contributed by atoms with E-state index in [9.17, 15) is 16.8 Å². The molecule has 0 aromatic rings. The fraction of sp³-hybridized carbons (Fsp3) is 1.00. The third kappa shape index (κ3) is 11.8. The minimum Gasteiger partial charge on any atom is -0.270 e. The molecule has 14 heavy (non-hydrogen) atoms. The fourth-order valence-corrected chi connectivity index (χ4v) is 0.997. The summed E-state index contributed by atoms with van der Waals surface area (Å²) in [7, 11) is -7.97. The lowest BCUT2D eigenvalue weighted by Crippen LogP contribution is -2.07. The molecule has 0 aliphatic heterocycles. The second-order valence-corrected chi connectivity index (χ2v) is 5.56. The van der Waals surface area contributed by atoms with E-state index in [0.717, 1.165) is 6.26 Å². The van der Waals surface area contributed by atoms with Crippen molar-refractivity contribution < 1.29 is 30.7 Å². The Morgan fingerprint density at radius 3 is 2.00 bits per heavy atom. The van der Waals surface area contributed by atoms with Crippen molar-refractivity contribution in [3.05, 3.63) is 0 Å². The number of hydrogen-bond acceptors (Lipinski definition) is 6. The third-order valence-corrected chi connectivity index (χ3v) is 1.77. The van der Waals surface area contributed by atoms with E-state index in [-0.39, 0.29) is 0 Å². The van der Waals surface area contributed by atoms with Crippen LogP contribution in [0.25, 0.3) is 0 Å². The molecule has 0 heterocycles. The second-order valence-electron chi connectivity index (χ2n) is 2.34. The normalized spacial score (nSPS) is 19.3. The Morgan fingerprint density at radius 2 is 1.57 bits per heavy atom. The van der Waals surface area contributed by atoms with Gasteiger partial charge in [-0.1, -0.05) is 0 Å². The van der Waals surface area contributed by atoms with Crippen LogP contribution in [0.5, 0.6) is 0 Å². The van der Waals surface area contributed by atoms with Gasteiger partial charge in [0.1, 0.15) is 0 Å². The summed E-state index contributed by atoms with van der Waals surface area (Å²) < 4.78 is 80.1. The molecule has 0 saturated carbocycles. The average Bonchev–Trinajstić information content (AvgIpc) is 1.94. The Labute approximate surface area is 90.1 Å².